The number of fused-ring (bicyclic) bond motifs is 1. The molecule has 0 aliphatic rings. The van der Waals surface area contributed by atoms with Gasteiger partial charge in [0.2, 0.25) is 10.0 Å². The van der Waals surface area contributed by atoms with E-state index in [0.29, 0.717) is 17.1 Å². The van der Waals surface area contributed by atoms with Gasteiger partial charge in [0, 0.05) is 11.1 Å². The first-order valence-corrected chi connectivity index (χ1v) is 14.2. The summed E-state index contributed by atoms with van der Waals surface area (Å²) in [6.07, 6.45) is 0.796. The molecule has 2 N–H and O–H groups in total. The van der Waals surface area contributed by atoms with Crippen molar-refractivity contribution in [3.8, 4) is 0 Å². The zero-order chi connectivity index (χ0) is 27.7. The van der Waals surface area contributed by atoms with Crippen molar-refractivity contribution in [2.45, 2.75) is 18.2 Å². The number of hydrogen-bond donors (Lipinski definition) is 2. The molecule has 9 nitrogen and oxygen atoms in total. The number of hydrogen-bond acceptors (Lipinski definition) is 6. The maximum absolute atomic E-state index is 15.0. The van der Waals surface area contributed by atoms with Gasteiger partial charge in [-0.1, -0.05) is 18.2 Å². The van der Waals surface area contributed by atoms with Gasteiger partial charge in [0.05, 0.1) is 34.9 Å². The van der Waals surface area contributed by atoms with Gasteiger partial charge in [-0.05, 0) is 49.7 Å². The van der Waals surface area contributed by atoms with Crippen molar-refractivity contribution in [2.75, 3.05) is 22.5 Å². The number of carbonyl (C=O) groups excluding carboxylic acids is 1. The van der Waals surface area contributed by atoms with Crippen LogP contribution in [-0.2, 0) is 20.0 Å². The van der Waals surface area contributed by atoms with E-state index in [1.165, 1.54) is 24.3 Å². The predicted octanol–water partition coefficient (Wildman–Crippen LogP) is 4.21. The van der Waals surface area contributed by atoms with Gasteiger partial charge in [0.1, 0.15) is 11.4 Å². The number of anilines is 2. The van der Waals surface area contributed by atoms with E-state index in [-0.39, 0.29) is 22.7 Å². The van der Waals surface area contributed by atoms with E-state index in [1.807, 2.05) is 4.72 Å². The van der Waals surface area contributed by atoms with E-state index < -0.39 is 61.3 Å². The molecule has 0 aliphatic heterocycles. The second kappa shape index (κ2) is 10.5. The number of aryl methyl sites for hydroxylation is 1. The summed E-state index contributed by atoms with van der Waals surface area (Å²) >= 11 is 0. The van der Waals surface area contributed by atoms with Crippen molar-refractivity contribution in [1.29, 1.82) is 0 Å². The summed E-state index contributed by atoms with van der Waals surface area (Å²) in [5.74, 6) is -4.58. The van der Waals surface area contributed by atoms with Crippen molar-refractivity contribution in [1.82, 2.24) is 8.96 Å². The number of pyridine rings is 1. The molecule has 0 atom stereocenters. The number of amides is 1. The SMILES string of the molecule is Cc1cc2cc(NC(=O)c3c(F)ccc(NS(=O)(=O)CCCF)c3F)cnc2n1S(=O)(=O)c1ccccc1. The molecular weight excluding hydrogens is 545 g/mol. The number of sulfonamides is 1. The second-order valence-electron chi connectivity index (χ2n) is 8.21. The molecule has 0 saturated carbocycles. The Kier molecular flexibility index (Phi) is 7.47. The van der Waals surface area contributed by atoms with Crippen LogP contribution in [-0.4, -0.2) is 44.1 Å². The second-order valence-corrected chi connectivity index (χ2v) is 11.8. The van der Waals surface area contributed by atoms with Gasteiger partial charge in [-0.3, -0.25) is 13.9 Å². The van der Waals surface area contributed by atoms with Crippen LogP contribution in [0.5, 0.6) is 0 Å². The molecule has 2 aromatic carbocycles. The zero-order valence-corrected chi connectivity index (χ0v) is 21.4. The van der Waals surface area contributed by atoms with E-state index in [9.17, 15) is 34.8 Å². The van der Waals surface area contributed by atoms with Crippen molar-refractivity contribution in [2.24, 2.45) is 0 Å². The number of nitrogens with one attached hydrogen (secondary N) is 2. The van der Waals surface area contributed by atoms with Gasteiger partial charge in [-0.2, -0.15) is 0 Å². The Morgan fingerprint density at radius 3 is 2.42 bits per heavy atom. The number of carbonyl (C=O) groups is 1. The molecule has 2 aromatic heterocycles. The van der Waals surface area contributed by atoms with Crippen molar-refractivity contribution >= 4 is 48.4 Å². The third-order valence-corrected chi connectivity index (χ3v) is 8.61. The quantitative estimate of drug-likeness (QED) is 0.313. The van der Waals surface area contributed by atoms with Crippen molar-refractivity contribution < 1.29 is 34.8 Å². The van der Waals surface area contributed by atoms with Crippen LogP contribution >= 0.6 is 0 Å². The molecule has 0 saturated heterocycles. The Balaban J connectivity index is 1.64. The van der Waals surface area contributed by atoms with Crippen molar-refractivity contribution in [3.63, 3.8) is 0 Å². The van der Waals surface area contributed by atoms with E-state index >= 15 is 0 Å². The van der Waals surface area contributed by atoms with Crippen LogP contribution in [0, 0.1) is 18.6 Å². The lowest BCUT2D eigenvalue weighted by Crippen LogP contribution is -2.21. The molecule has 4 aromatic rings. The van der Waals surface area contributed by atoms with Gasteiger partial charge >= 0.3 is 0 Å². The van der Waals surface area contributed by atoms with Crippen LogP contribution in [0.4, 0.5) is 24.5 Å². The van der Waals surface area contributed by atoms with Gasteiger partial charge in [-0.15, -0.1) is 0 Å². The Morgan fingerprint density at radius 2 is 1.74 bits per heavy atom. The van der Waals surface area contributed by atoms with E-state index in [2.05, 4.69) is 10.3 Å². The summed E-state index contributed by atoms with van der Waals surface area (Å²) in [4.78, 5) is 16.9. The Hall–Kier alpha value is -3.91. The fraction of sp³-hybridized carbons (Fsp3) is 0.167. The highest BCUT2D eigenvalue weighted by Gasteiger charge is 2.25. The highest BCUT2D eigenvalue weighted by Crippen LogP contribution is 2.27. The Bertz CT molecular complexity index is 1740. The molecule has 4 rings (SSSR count). The molecule has 0 fully saturated rings. The summed E-state index contributed by atoms with van der Waals surface area (Å²) in [6.45, 7) is 0.658. The lowest BCUT2D eigenvalue weighted by molar-refractivity contribution is 0.101. The lowest BCUT2D eigenvalue weighted by atomic mass is 10.1. The van der Waals surface area contributed by atoms with Crippen LogP contribution < -0.4 is 10.0 Å². The minimum absolute atomic E-state index is 0.00416. The molecule has 0 spiro atoms. The highest BCUT2D eigenvalue weighted by atomic mass is 32.2. The molecule has 14 heteroatoms. The van der Waals surface area contributed by atoms with E-state index in [4.69, 9.17) is 0 Å². The number of aromatic nitrogens is 2. The third kappa shape index (κ3) is 5.36. The minimum atomic E-state index is -4.14. The number of alkyl halides is 1. The molecule has 0 bridgehead atoms. The van der Waals surface area contributed by atoms with Crippen LogP contribution in [0.15, 0.2) is 65.7 Å². The molecule has 2 heterocycles. The van der Waals surface area contributed by atoms with Gasteiger partial charge in [0.15, 0.2) is 11.5 Å². The van der Waals surface area contributed by atoms with Crippen LogP contribution in [0.3, 0.4) is 0 Å². The number of nitrogens with zero attached hydrogens (tertiary/aromatic N) is 2. The average Bonchev–Trinajstić information content (AvgIpc) is 3.20. The molecule has 0 aliphatic carbocycles. The smallest absolute Gasteiger partial charge is 0.269 e. The summed E-state index contributed by atoms with van der Waals surface area (Å²) in [6, 6.07) is 12.1. The molecule has 1 amide bonds. The summed E-state index contributed by atoms with van der Waals surface area (Å²) in [5, 5.41) is 2.62. The molecular formula is C24H21F3N4O5S2. The average molecular weight is 567 g/mol. The minimum Gasteiger partial charge on any atom is -0.320 e. The monoisotopic (exact) mass is 566 g/mol. The van der Waals surface area contributed by atoms with Crippen molar-refractivity contribution in [3.05, 3.63) is 83.7 Å². The van der Waals surface area contributed by atoms with Gasteiger partial charge < -0.3 is 5.32 Å². The maximum atomic E-state index is 15.0. The Morgan fingerprint density at radius 1 is 1.03 bits per heavy atom. The van der Waals surface area contributed by atoms with Gasteiger partial charge in [-0.25, -0.2) is 34.6 Å². The van der Waals surface area contributed by atoms with E-state index in [1.54, 1.807) is 25.1 Å². The number of benzene rings is 2. The van der Waals surface area contributed by atoms with Crippen LogP contribution in [0.25, 0.3) is 11.0 Å². The standard InChI is InChI=1S/C24H21F3N4O5S2/c1-15-12-16-13-17(14-28-23(16)31(15)38(35,36)18-6-3-2-4-7-18)29-24(32)21-19(26)8-9-20(22(21)27)30-37(33,34)11-5-10-25/h2-4,6-9,12-14,30H,5,10-11H2,1H3,(H,29,32). The predicted molar refractivity (Wildman–Crippen MR) is 136 cm³/mol. The largest absolute Gasteiger partial charge is 0.320 e. The van der Waals surface area contributed by atoms with Crippen LogP contribution in [0.2, 0.25) is 0 Å². The Labute approximate surface area is 216 Å². The highest BCUT2D eigenvalue weighted by molar-refractivity contribution is 7.92. The zero-order valence-electron chi connectivity index (χ0n) is 19.8. The molecule has 0 unspecified atom stereocenters. The fourth-order valence-corrected chi connectivity index (χ4v) is 6.37. The summed E-state index contributed by atoms with van der Waals surface area (Å²) in [5.41, 5.74) is -1.32. The first-order valence-electron chi connectivity index (χ1n) is 11.1. The normalized spacial score (nSPS) is 12.0. The number of halogens is 3. The van der Waals surface area contributed by atoms with Gasteiger partial charge in [0.25, 0.3) is 15.9 Å². The van der Waals surface area contributed by atoms with E-state index in [0.717, 1.165) is 16.2 Å². The summed E-state index contributed by atoms with van der Waals surface area (Å²) in [7, 11) is -8.12. The maximum Gasteiger partial charge on any atom is 0.269 e. The lowest BCUT2D eigenvalue weighted by Gasteiger charge is -2.12. The fourth-order valence-electron chi connectivity index (χ4n) is 3.77. The molecule has 0 radical (unpaired) electrons. The number of rotatable bonds is 9. The molecule has 38 heavy (non-hydrogen) atoms. The topological polar surface area (TPSA) is 127 Å². The first kappa shape index (κ1) is 27.1. The molecule has 200 valence electrons. The first-order chi connectivity index (χ1) is 17.9. The summed E-state index contributed by atoms with van der Waals surface area (Å²) < 4.78 is 94.9. The third-order valence-electron chi connectivity index (χ3n) is 5.44. The van der Waals surface area contributed by atoms with Crippen LogP contribution in [0.1, 0.15) is 22.5 Å².